The average Bonchev–Trinajstić information content (AvgIpc) is 2.58. The molecule has 1 heterocycles. The molecule has 1 unspecified atom stereocenters. The molecule has 1 aliphatic heterocycles. The van der Waals surface area contributed by atoms with Gasteiger partial charge >= 0.3 is 0 Å². The predicted octanol–water partition coefficient (Wildman–Crippen LogP) is 2.26. The highest BCUT2D eigenvalue weighted by Crippen LogP contribution is 2.21. The van der Waals surface area contributed by atoms with E-state index in [4.69, 9.17) is 0 Å². The monoisotopic (exact) mass is 165 g/mol. The van der Waals surface area contributed by atoms with Gasteiger partial charge < -0.3 is 0 Å². The number of thioether (sulfide) groups is 1. The minimum absolute atomic E-state index is 0.606. The zero-order valence-electron chi connectivity index (χ0n) is 6.36. The van der Waals surface area contributed by atoms with Crippen molar-refractivity contribution in [2.45, 2.75) is 6.42 Å². The number of hydrogen-bond donors (Lipinski definition) is 0. The molecule has 1 nitrogen and oxygen atoms in total. The molecule has 0 aromatic rings. The standard InChI is InChI=1S/C9H11NS/c1-2-4-8(5-3-1)9-6-11-7-10-9/h1-4,8H,5-7H2. The summed E-state index contributed by atoms with van der Waals surface area (Å²) in [6.45, 7) is 0. The largest absolute Gasteiger partial charge is 0.282 e. The molecule has 2 heteroatoms. The first-order valence-corrected chi connectivity index (χ1v) is 5.06. The molecule has 0 aromatic carbocycles. The molecule has 0 saturated heterocycles. The van der Waals surface area contributed by atoms with Crippen molar-refractivity contribution in [3.8, 4) is 0 Å². The van der Waals surface area contributed by atoms with E-state index in [1.165, 1.54) is 5.71 Å². The maximum atomic E-state index is 4.45. The van der Waals surface area contributed by atoms with Crippen LogP contribution in [0.1, 0.15) is 6.42 Å². The Labute approximate surface area is 71.3 Å². The summed E-state index contributed by atoms with van der Waals surface area (Å²) in [6.07, 6.45) is 9.86. The Hall–Kier alpha value is -0.500. The summed E-state index contributed by atoms with van der Waals surface area (Å²) in [5.74, 6) is 2.72. The number of rotatable bonds is 1. The van der Waals surface area contributed by atoms with Gasteiger partial charge in [0.05, 0.1) is 5.88 Å². The maximum Gasteiger partial charge on any atom is 0.0847 e. The Morgan fingerprint density at radius 2 is 2.45 bits per heavy atom. The van der Waals surface area contributed by atoms with Crippen LogP contribution in [0.15, 0.2) is 29.3 Å². The molecular formula is C9H11NS. The molecule has 1 aliphatic carbocycles. The Morgan fingerprint density at radius 3 is 3.09 bits per heavy atom. The predicted molar refractivity (Wildman–Crippen MR) is 51.1 cm³/mol. The molecule has 2 rings (SSSR count). The summed E-state index contributed by atoms with van der Waals surface area (Å²) in [6, 6.07) is 0. The third kappa shape index (κ3) is 1.56. The topological polar surface area (TPSA) is 12.4 Å². The van der Waals surface area contributed by atoms with Crippen LogP contribution in [0, 0.1) is 5.92 Å². The van der Waals surface area contributed by atoms with Crippen LogP contribution in [0.4, 0.5) is 0 Å². The van der Waals surface area contributed by atoms with Crippen molar-refractivity contribution in [1.82, 2.24) is 0 Å². The van der Waals surface area contributed by atoms with Gasteiger partial charge in [-0.25, -0.2) is 0 Å². The average molecular weight is 165 g/mol. The maximum absolute atomic E-state index is 4.45. The van der Waals surface area contributed by atoms with E-state index in [1.54, 1.807) is 0 Å². The van der Waals surface area contributed by atoms with Crippen molar-refractivity contribution in [2.75, 3.05) is 11.6 Å². The van der Waals surface area contributed by atoms with Gasteiger partial charge in [-0.15, -0.1) is 11.8 Å². The second-order valence-electron chi connectivity index (χ2n) is 2.78. The van der Waals surface area contributed by atoms with E-state index in [2.05, 4.69) is 29.3 Å². The highest BCUT2D eigenvalue weighted by Gasteiger charge is 2.15. The van der Waals surface area contributed by atoms with Crippen molar-refractivity contribution >= 4 is 17.5 Å². The Balaban J connectivity index is 2.05. The van der Waals surface area contributed by atoms with Crippen molar-refractivity contribution in [2.24, 2.45) is 10.9 Å². The lowest BCUT2D eigenvalue weighted by molar-refractivity contribution is 0.864. The molecule has 1 atom stereocenters. The molecule has 58 valence electrons. The van der Waals surface area contributed by atoms with E-state index < -0.39 is 0 Å². The lowest BCUT2D eigenvalue weighted by Gasteiger charge is -2.11. The van der Waals surface area contributed by atoms with Crippen LogP contribution in [0.25, 0.3) is 0 Å². The third-order valence-corrected chi connectivity index (χ3v) is 2.83. The van der Waals surface area contributed by atoms with Crippen LogP contribution < -0.4 is 0 Å². The van der Waals surface area contributed by atoms with Crippen molar-refractivity contribution < 1.29 is 0 Å². The summed E-state index contributed by atoms with van der Waals surface area (Å²) < 4.78 is 0. The highest BCUT2D eigenvalue weighted by molar-refractivity contribution is 8.00. The van der Waals surface area contributed by atoms with E-state index in [1.807, 2.05) is 11.8 Å². The second-order valence-corrected chi connectivity index (χ2v) is 3.74. The molecule has 0 radical (unpaired) electrons. The smallest absolute Gasteiger partial charge is 0.0847 e. The Morgan fingerprint density at radius 1 is 1.45 bits per heavy atom. The fraction of sp³-hybridized carbons (Fsp3) is 0.444. The number of hydrogen-bond acceptors (Lipinski definition) is 2. The van der Waals surface area contributed by atoms with Crippen LogP contribution in [0.5, 0.6) is 0 Å². The van der Waals surface area contributed by atoms with Gasteiger partial charge in [0.1, 0.15) is 0 Å². The molecule has 0 bridgehead atoms. The summed E-state index contributed by atoms with van der Waals surface area (Å²) in [5.41, 5.74) is 1.38. The van der Waals surface area contributed by atoms with Gasteiger partial charge in [-0.3, -0.25) is 4.99 Å². The van der Waals surface area contributed by atoms with Gasteiger partial charge in [0.25, 0.3) is 0 Å². The van der Waals surface area contributed by atoms with Gasteiger partial charge in [-0.1, -0.05) is 24.3 Å². The Bertz CT molecular complexity index is 228. The first kappa shape index (κ1) is 7.17. The number of nitrogens with zero attached hydrogens (tertiary/aromatic N) is 1. The van der Waals surface area contributed by atoms with Crippen LogP contribution in [0.3, 0.4) is 0 Å². The number of allylic oxidation sites excluding steroid dienone is 4. The summed E-state index contributed by atoms with van der Waals surface area (Å²) in [7, 11) is 0. The highest BCUT2D eigenvalue weighted by atomic mass is 32.2. The molecule has 0 saturated carbocycles. The lowest BCUT2D eigenvalue weighted by Crippen LogP contribution is -2.12. The van der Waals surface area contributed by atoms with Gasteiger partial charge in [-0.2, -0.15) is 0 Å². The normalized spacial score (nSPS) is 29.1. The first-order valence-electron chi connectivity index (χ1n) is 3.91. The second kappa shape index (κ2) is 3.26. The van der Waals surface area contributed by atoms with Crippen LogP contribution in [-0.2, 0) is 0 Å². The fourth-order valence-corrected chi connectivity index (χ4v) is 2.24. The Kier molecular flexibility index (Phi) is 2.13. The zero-order chi connectivity index (χ0) is 7.52. The van der Waals surface area contributed by atoms with Gasteiger partial charge in [0.15, 0.2) is 0 Å². The quantitative estimate of drug-likeness (QED) is 0.580. The molecule has 0 N–H and O–H groups in total. The molecule has 0 amide bonds. The van der Waals surface area contributed by atoms with Crippen LogP contribution in [-0.4, -0.2) is 17.3 Å². The molecule has 11 heavy (non-hydrogen) atoms. The van der Waals surface area contributed by atoms with Crippen LogP contribution >= 0.6 is 11.8 Å². The van der Waals surface area contributed by atoms with Crippen molar-refractivity contribution in [3.63, 3.8) is 0 Å². The minimum Gasteiger partial charge on any atom is -0.282 e. The molecule has 2 aliphatic rings. The SMILES string of the molecule is C1=CCC(C2=NCSC2)C=C1. The third-order valence-electron chi connectivity index (χ3n) is 2.02. The number of aliphatic imine (C=N–C) groups is 1. The molecular weight excluding hydrogens is 154 g/mol. The van der Waals surface area contributed by atoms with Gasteiger partial charge in [-0.05, 0) is 6.42 Å². The fourth-order valence-electron chi connectivity index (χ4n) is 1.38. The van der Waals surface area contributed by atoms with E-state index in [0.29, 0.717) is 5.92 Å². The first-order chi connectivity index (χ1) is 5.47. The molecule has 0 fully saturated rings. The van der Waals surface area contributed by atoms with E-state index >= 15 is 0 Å². The lowest BCUT2D eigenvalue weighted by atomic mass is 9.96. The molecule has 0 aromatic heterocycles. The van der Waals surface area contributed by atoms with Crippen LogP contribution in [0.2, 0.25) is 0 Å². The zero-order valence-corrected chi connectivity index (χ0v) is 7.18. The van der Waals surface area contributed by atoms with Gasteiger partial charge in [0.2, 0.25) is 0 Å². The summed E-state index contributed by atoms with van der Waals surface area (Å²) in [4.78, 5) is 4.45. The van der Waals surface area contributed by atoms with E-state index in [9.17, 15) is 0 Å². The van der Waals surface area contributed by atoms with Gasteiger partial charge in [0, 0.05) is 17.4 Å². The van der Waals surface area contributed by atoms with E-state index in [0.717, 1.165) is 18.1 Å². The van der Waals surface area contributed by atoms with Crippen molar-refractivity contribution in [3.05, 3.63) is 24.3 Å². The summed E-state index contributed by atoms with van der Waals surface area (Å²) >= 11 is 1.91. The minimum atomic E-state index is 0.606. The van der Waals surface area contributed by atoms with E-state index in [-0.39, 0.29) is 0 Å². The van der Waals surface area contributed by atoms with Crippen molar-refractivity contribution in [1.29, 1.82) is 0 Å². The molecule has 0 spiro atoms. The summed E-state index contributed by atoms with van der Waals surface area (Å²) in [5, 5.41) is 0.